The molecule has 0 bridgehead atoms. The van der Waals surface area contributed by atoms with Crippen LogP contribution in [-0.2, 0) is 19.1 Å². The Balaban J connectivity index is 2.50. The topological polar surface area (TPSA) is 96.9 Å². The number of methoxy groups -OCH3 is 1. The zero-order chi connectivity index (χ0) is 9.84. The molecule has 0 unspecified atom stereocenters. The molecule has 1 aliphatic heterocycles. The number of ether oxygens (including phenoxy) is 1. The van der Waals surface area contributed by atoms with E-state index >= 15 is 0 Å². The number of amides is 2. The molecule has 1 fully saturated rings. The van der Waals surface area contributed by atoms with Gasteiger partial charge in [0.2, 0.25) is 5.96 Å². The molecule has 1 aliphatic rings. The van der Waals surface area contributed by atoms with Crippen LogP contribution in [0.5, 0.6) is 0 Å². The Hall–Kier alpha value is -1.92. The molecule has 0 spiro atoms. The van der Waals surface area contributed by atoms with Gasteiger partial charge in [-0.3, -0.25) is 25.0 Å². The number of esters is 1. The number of hydrogen-bond acceptors (Lipinski definition) is 5. The maximum Gasteiger partial charge on any atom is 0.327 e. The van der Waals surface area contributed by atoms with Gasteiger partial charge in [0.15, 0.2) is 0 Å². The minimum absolute atomic E-state index is 0.0274. The zero-order valence-electron chi connectivity index (χ0n) is 6.79. The summed E-state index contributed by atoms with van der Waals surface area (Å²) in [6, 6.07) is 0. The highest BCUT2D eigenvalue weighted by Gasteiger charge is 2.25. The number of aliphatic imine (C=N–C) groups is 1. The summed E-state index contributed by atoms with van der Waals surface area (Å²) < 4.78 is 4.29. The SMILES string of the molecule is COC(=O)CN=C1NC(=O)C(=O)N1. The molecule has 0 saturated carbocycles. The highest BCUT2D eigenvalue weighted by Crippen LogP contribution is 1.84. The van der Waals surface area contributed by atoms with E-state index in [9.17, 15) is 14.4 Å². The average molecular weight is 185 g/mol. The third-order valence-electron chi connectivity index (χ3n) is 1.26. The number of carbonyl (C=O) groups is 3. The van der Waals surface area contributed by atoms with Crippen molar-refractivity contribution in [1.82, 2.24) is 10.6 Å². The van der Waals surface area contributed by atoms with Crippen LogP contribution in [0.2, 0.25) is 0 Å². The lowest BCUT2D eigenvalue weighted by atomic mass is 10.6. The van der Waals surface area contributed by atoms with Crippen LogP contribution in [0.1, 0.15) is 0 Å². The predicted molar refractivity (Wildman–Crippen MR) is 40.6 cm³/mol. The second-order valence-corrected chi connectivity index (χ2v) is 2.15. The normalized spacial score (nSPS) is 15.0. The van der Waals surface area contributed by atoms with Crippen molar-refractivity contribution in [2.24, 2.45) is 4.99 Å². The van der Waals surface area contributed by atoms with Crippen molar-refractivity contribution in [3.63, 3.8) is 0 Å². The molecule has 1 rings (SSSR count). The Kier molecular flexibility index (Phi) is 2.58. The highest BCUT2D eigenvalue weighted by atomic mass is 16.5. The molecule has 13 heavy (non-hydrogen) atoms. The first kappa shape index (κ1) is 9.17. The van der Waals surface area contributed by atoms with Gasteiger partial charge in [-0.1, -0.05) is 0 Å². The van der Waals surface area contributed by atoms with Crippen molar-refractivity contribution in [3.8, 4) is 0 Å². The molecule has 0 aliphatic carbocycles. The Bertz CT molecular complexity index is 278. The van der Waals surface area contributed by atoms with Crippen LogP contribution in [0, 0.1) is 0 Å². The van der Waals surface area contributed by atoms with Gasteiger partial charge < -0.3 is 4.74 Å². The smallest absolute Gasteiger partial charge is 0.327 e. The van der Waals surface area contributed by atoms with Crippen molar-refractivity contribution < 1.29 is 19.1 Å². The zero-order valence-corrected chi connectivity index (χ0v) is 6.79. The summed E-state index contributed by atoms with van der Waals surface area (Å²) in [5, 5.41) is 4.25. The molecule has 1 heterocycles. The number of guanidine groups is 1. The second kappa shape index (κ2) is 3.65. The standard InChI is InChI=1S/C6H7N3O4/c1-13-3(10)2-7-6-8-4(11)5(12)9-6/h2H2,1H3,(H2,7,8,9,11,12). The van der Waals surface area contributed by atoms with E-state index in [0.717, 1.165) is 0 Å². The van der Waals surface area contributed by atoms with Crippen molar-refractivity contribution in [3.05, 3.63) is 0 Å². The predicted octanol–water partition coefficient (Wildman–Crippen LogP) is -2.24. The molecule has 7 heteroatoms. The number of nitrogens with one attached hydrogen (secondary N) is 2. The van der Waals surface area contributed by atoms with Crippen LogP contribution in [0.3, 0.4) is 0 Å². The molecule has 70 valence electrons. The third-order valence-corrected chi connectivity index (χ3v) is 1.26. The van der Waals surface area contributed by atoms with Gasteiger partial charge in [-0.2, -0.15) is 0 Å². The van der Waals surface area contributed by atoms with Gasteiger partial charge in [0.05, 0.1) is 7.11 Å². The Morgan fingerprint density at radius 1 is 1.38 bits per heavy atom. The lowest BCUT2D eigenvalue weighted by molar-refractivity contribution is -0.138. The third kappa shape index (κ3) is 2.26. The van der Waals surface area contributed by atoms with E-state index in [0.29, 0.717) is 0 Å². The molecule has 0 aromatic rings. The van der Waals surface area contributed by atoms with E-state index in [4.69, 9.17) is 0 Å². The molecular formula is C6H7N3O4. The minimum atomic E-state index is -0.788. The first-order valence-electron chi connectivity index (χ1n) is 3.37. The number of hydrogen-bond donors (Lipinski definition) is 2. The Morgan fingerprint density at radius 3 is 2.38 bits per heavy atom. The number of carbonyl (C=O) groups excluding carboxylic acids is 3. The molecule has 0 aromatic heterocycles. The van der Waals surface area contributed by atoms with Gasteiger partial charge in [0.1, 0.15) is 6.54 Å². The maximum atomic E-state index is 10.6. The summed E-state index contributed by atoms with van der Waals surface area (Å²) in [5.41, 5.74) is 0. The van der Waals surface area contributed by atoms with E-state index < -0.39 is 17.8 Å². The minimum Gasteiger partial charge on any atom is -0.468 e. The van der Waals surface area contributed by atoms with E-state index in [2.05, 4.69) is 20.4 Å². The molecule has 1 saturated heterocycles. The Morgan fingerprint density at radius 2 is 1.92 bits per heavy atom. The molecule has 2 amide bonds. The summed E-state index contributed by atoms with van der Waals surface area (Å²) in [6.45, 7) is -0.244. The van der Waals surface area contributed by atoms with E-state index in [1.54, 1.807) is 0 Å². The average Bonchev–Trinajstić information content (AvgIpc) is 2.42. The summed E-state index contributed by atoms with van der Waals surface area (Å²) >= 11 is 0. The number of nitrogens with zero attached hydrogens (tertiary/aromatic N) is 1. The summed E-state index contributed by atoms with van der Waals surface area (Å²) in [4.78, 5) is 35.3. The monoisotopic (exact) mass is 185 g/mol. The van der Waals surface area contributed by atoms with Crippen LogP contribution in [-0.4, -0.2) is 37.4 Å². The molecule has 0 aromatic carbocycles. The molecule has 2 N–H and O–H groups in total. The van der Waals surface area contributed by atoms with E-state index in [1.807, 2.05) is 0 Å². The van der Waals surface area contributed by atoms with E-state index in [-0.39, 0.29) is 12.5 Å². The lowest BCUT2D eigenvalue weighted by Gasteiger charge is -1.95. The molecule has 0 atom stereocenters. The summed E-state index contributed by atoms with van der Waals surface area (Å²) in [7, 11) is 1.22. The first-order valence-corrected chi connectivity index (χ1v) is 3.37. The van der Waals surface area contributed by atoms with Crippen molar-refractivity contribution in [2.45, 2.75) is 0 Å². The summed E-state index contributed by atoms with van der Waals surface area (Å²) in [5.74, 6) is -2.16. The maximum absolute atomic E-state index is 10.6. The second-order valence-electron chi connectivity index (χ2n) is 2.15. The van der Waals surface area contributed by atoms with Crippen LogP contribution >= 0.6 is 0 Å². The van der Waals surface area contributed by atoms with Crippen molar-refractivity contribution >= 4 is 23.7 Å². The van der Waals surface area contributed by atoms with Gasteiger partial charge in [-0.05, 0) is 0 Å². The van der Waals surface area contributed by atoms with Gasteiger partial charge in [-0.15, -0.1) is 0 Å². The fourth-order valence-corrected chi connectivity index (χ4v) is 0.647. The van der Waals surface area contributed by atoms with Gasteiger partial charge in [0.25, 0.3) is 0 Å². The fraction of sp³-hybridized carbons (Fsp3) is 0.333. The first-order chi connectivity index (χ1) is 6.13. The summed E-state index contributed by atoms with van der Waals surface area (Å²) in [6.07, 6.45) is 0. The number of rotatable bonds is 2. The van der Waals surface area contributed by atoms with Gasteiger partial charge >= 0.3 is 17.8 Å². The highest BCUT2D eigenvalue weighted by molar-refractivity contribution is 6.45. The molecule has 7 nitrogen and oxygen atoms in total. The molecular weight excluding hydrogens is 178 g/mol. The fourth-order valence-electron chi connectivity index (χ4n) is 0.647. The van der Waals surface area contributed by atoms with Gasteiger partial charge in [0, 0.05) is 0 Å². The Labute approximate surface area is 73.2 Å². The van der Waals surface area contributed by atoms with Gasteiger partial charge in [-0.25, -0.2) is 4.99 Å². The van der Waals surface area contributed by atoms with Crippen LogP contribution in [0.4, 0.5) is 0 Å². The lowest BCUT2D eigenvalue weighted by Crippen LogP contribution is -2.26. The van der Waals surface area contributed by atoms with Crippen molar-refractivity contribution in [2.75, 3.05) is 13.7 Å². The van der Waals surface area contributed by atoms with Crippen LogP contribution < -0.4 is 10.6 Å². The largest absolute Gasteiger partial charge is 0.468 e. The van der Waals surface area contributed by atoms with Crippen LogP contribution in [0.25, 0.3) is 0 Å². The van der Waals surface area contributed by atoms with Crippen molar-refractivity contribution in [1.29, 1.82) is 0 Å². The van der Waals surface area contributed by atoms with E-state index in [1.165, 1.54) is 7.11 Å². The van der Waals surface area contributed by atoms with Crippen LogP contribution in [0.15, 0.2) is 4.99 Å². The molecule has 0 radical (unpaired) electrons. The quantitative estimate of drug-likeness (QED) is 0.375.